The van der Waals surface area contributed by atoms with Gasteiger partial charge in [-0.2, -0.15) is 11.8 Å². The predicted molar refractivity (Wildman–Crippen MR) is 94.8 cm³/mol. The molecule has 0 spiro atoms. The lowest BCUT2D eigenvalue weighted by atomic mass is 9.76. The fourth-order valence-corrected chi connectivity index (χ4v) is 5.92. The molecule has 0 aromatic carbocycles. The molecule has 118 valence electrons. The maximum atomic E-state index is 5.02. The molecular weight excluding hydrogens is 298 g/mol. The van der Waals surface area contributed by atoms with Gasteiger partial charge < -0.3 is 10.2 Å². The Balaban J connectivity index is 1.86. The van der Waals surface area contributed by atoms with Gasteiger partial charge in [-0.25, -0.2) is 4.98 Å². The normalized spacial score (nSPS) is 27.6. The van der Waals surface area contributed by atoms with Crippen LogP contribution in [0.3, 0.4) is 0 Å². The molecule has 1 N–H and O–H groups in total. The molecule has 2 heterocycles. The van der Waals surface area contributed by atoms with E-state index in [1.807, 2.05) is 11.3 Å². The van der Waals surface area contributed by atoms with Crippen molar-refractivity contribution < 1.29 is 0 Å². The van der Waals surface area contributed by atoms with Crippen molar-refractivity contribution in [1.82, 2.24) is 10.3 Å². The Hall–Kier alpha value is -0.260. The van der Waals surface area contributed by atoms with Crippen molar-refractivity contribution in [2.45, 2.75) is 52.1 Å². The number of nitrogens with zero attached hydrogens (tertiary/aromatic N) is 2. The lowest BCUT2D eigenvalue weighted by molar-refractivity contribution is 0.260. The number of aromatic nitrogens is 1. The fraction of sp³-hybridized carbons (Fsp3) is 0.812. The van der Waals surface area contributed by atoms with E-state index >= 15 is 0 Å². The molecule has 1 aliphatic heterocycles. The van der Waals surface area contributed by atoms with Gasteiger partial charge in [0.2, 0.25) is 0 Å². The summed E-state index contributed by atoms with van der Waals surface area (Å²) in [5, 5.41) is 4.90. The van der Waals surface area contributed by atoms with Gasteiger partial charge in [0, 0.05) is 29.8 Å². The number of thioether (sulfide) groups is 1. The van der Waals surface area contributed by atoms with Crippen molar-refractivity contribution in [3.8, 4) is 0 Å². The van der Waals surface area contributed by atoms with Crippen LogP contribution >= 0.6 is 23.1 Å². The van der Waals surface area contributed by atoms with Crippen LogP contribution in [0.25, 0.3) is 0 Å². The average molecular weight is 326 g/mol. The minimum absolute atomic E-state index is 0.354. The van der Waals surface area contributed by atoms with Crippen molar-refractivity contribution in [2.75, 3.05) is 30.0 Å². The maximum absolute atomic E-state index is 5.02. The van der Waals surface area contributed by atoms with Crippen LogP contribution < -0.4 is 10.2 Å². The van der Waals surface area contributed by atoms with E-state index in [2.05, 4.69) is 49.8 Å². The standard InChI is InChI=1S/C16H27N3S2/c1-5-17-12-8-16(2,3)9-13-14(12)21-15(18-13)19(4)11-6-7-20-10-11/h11-12,17H,5-10H2,1-4H3. The molecule has 5 heteroatoms. The van der Waals surface area contributed by atoms with Gasteiger partial charge in [-0.05, 0) is 37.0 Å². The molecule has 3 rings (SSSR count). The minimum atomic E-state index is 0.354. The van der Waals surface area contributed by atoms with Gasteiger partial charge in [-0.3, -0.25) is 0 Å². The van der Waals surface area contributed by atoms with E-state index in [1.54, 1.807) is 0 Å². The molecule has 0 saturated carbocycles. The molecule has 1 aromatic rings. The van der Waals surface area contributed by atoms with E-state index in [0.717, 1.165) is 13.0 Å². The summed E-state index contributed by atoms with van der Waals surface area (Å²) in [5.74, 6) is 2.55. The van der Waals surface area contributed by atoms with Crippen LogP contribution in [0.15, 0.2) is 0 Å². The van der Waals surface area contributed by atoms with Gasteiger partial charge in [0.25, 0.3) is 0 Å². The third-order valence-corrected chi connectivity index (χ3v) is 7.09. The number of hydrogen-bond acceptors (Lipinski definition) is 5. The van der Waals surface area contributed by atoms with Gasteiger partial charge >= 0.3 is 0 Å². The number of thiazole rings is 1. The first-order valence-corrected chi connectivity index (χ1v) is 10.0. The first kappa shape index (κ1) is 15.6. The average Bonchev–Trinajstić information content (AvgIpc) is 3.05. The second-order valence-electron chi connectivity index (χ2n) is 7.09. The van der Waals surface area contributed by atoms with Crippen molar-refractivity contribution in [2.24, 2.45) is 5.41 Å². The smallest absolute Gasteiger partial charge is 0.185 e. The van der Waals surface area contributed by atoms with E-state index in [-0.39, 0.29) is 0 Å². The van der Waals surface area contributed by atoms with E-state index in [1.165, 1.54) is 40.0 Å². The fourth-order valence-electron chi connectivity index (χ4n) is 3.47. The highest BCUT2D eigenvalue weighted by Crippen LogP contribution is 2.45. The van der Waals surface area contributed by atoms with Gasteiger partial charge in [0.1, 0.15) is 0 Å². The quantitative estimate of drug-likeness (QED) is 0.913. The third kappa shape index (κ3) is 3.25. The molecule has 1 fully saturated rings. The van der Waals surface area contributed by atoms with Crippen LogP contribution in [-0.2, 0) is 6.42 Å². The second-order valence-corrected chi connectivity index (χ2v) is 9.25. The summed E-state index contributed by atoms with van der Waals surface area (Å²) in [6.45, 7) is 7.97. The zero-order valence-electron chi connectivity index (χ0n) is 13.6. The number of rotatable bonds is 4. The monoisotopic (exact) mass is 325 g/mol. The third-order valence-electron chi connectivity index (χ3n) is 4.64. The molecule has 0 bridgehead atoms. The molecular formula is C16H27N3S2. The summed E-state index contributed by atoms with van der Waals surface area (Å²) < 4.78 is 0. The molecule has 2 atom stereocenters. The summed E-state index contributed by atoms with van der Waals surface area (Å²) in [7, 11) is 2.23. The van der Waals surface area contributed by atoms with Crippen LogP contribution in [0.2, 0.25) is 0 Å². The second kappa shape index (κ2) is 6.09. The van der Waals surface area contributed by atoms with Crippen LogP contribution in [-0.4, -0.2) is 36.1 Å². The van der Waals surface area contributed by atoms with E-state index in [9.17, 15) is 0 Å². The summed E-state index contributed by atoms with van der Waals surface area (Å²) in [6, 6.07) is 1.17. The van der Waals surface area contributed by atoms with E-state index in [4.69, 9.17) is 4.98 Å². The molecule has 1 saturated heterocycles. The summed E-state index contributed by atoms with van der Waals surface area (Å²) in [4.78, 5) is 8.94. The Kier molecular flexibility index (Phi) is 4.53. The highest BCUT2D eigenvalue weighted by atomic mass is 32.2. The number of nitrogens with one attached hydrogen (secondary N) is 1. The molecule has 2 aliphatic rings. The first-order chi connectivity index (χ1) is 10.00. The zero-order valence-corrected chi connectivity index (χ0v) is 15.2. The topological polar surface area (TPSA) is 28.2 Å². The molecule has 0 amide bonds. The number of anilines is 1. The van der Waals surface area contributed by atoms with E-state index in [0.29, 0.717) is 17.5 Å². The predicted octanol–water partition coefficient (Wildman–Crippen LogP) is 3.71. The first-order valence-electron chi connectivity index (χ1n) is 8.04. The number of fused-ring (bicyclic) bond motifs is 1. The Morgan fingerprint density at radius 1 is 1.43 bits per heavy atom. The molecule has 0 radical (unpaired) electrons. The van der Waals surface area contributed by atoms with Crippen LogP contribution in [0, 0.1) is 5.41 Å². The minimum Gasteiger partial charge on any atom is -0.347 e. The Morgan fingerprint density at radius 2 is 2.24 bits per heavy atom. The highest BCUT2D eigenvalue weighted by Gasteiger charge is 2.35. The van der Waals surface area contributed by atoms with Crippen molar-refractivity contribution in [1.29, 1.82) is 0 Å². The summed E-state index contributed by atoms with van der Waals surface area (Å²) in [6.07, 6.45) is 3.64. The zero-order chi connectivity index (χ0) is 15.0. The SMILES string of the molecule is CCNC1CC(C)(C)Cc2nc(N(C)C3CCSC3)sc21. The Labute approximate surface area is 136 Å². The maximum Gasteiger partial charge on any atom is 0.185 e. The van der Waals surface area contributed by atoms with Gasteiger partial charge in [-0.15, -0.1) is 0 Å². The molecule has 3 nitrogen and oxygen atoms in total. The van der Waals surface area contributed by atoms with Crippen LogP contribution in [0.5, 0.6) is 0 Å². The summed E-state index contributed by atoms with van der Waals surface area (Å²) >= 11 is 3.99. The van der Waals surface area contributed by atoms with Gasteiger partial charge in [0.15, 0.2) is 5.13 Å². The molecule has 1 aliphatic carbocycles. The van der Waals surface area contributed by atoms with Crippen LogP contribution in [0.1, 0.15) is 50.2 Å². The summed E-state index contributed by atoms with van der Waals surface area (Å²) in [5.41, 5.74) is 1.70. The highest BCUT2D eigenvalue weighted by molar-refractivity contribution is 7.99. The molecule has 1 aromatic heterocycles. The van der Waals surface area contributed by atoms with Crippen molar-refractivity contribution in [3.63, 3.8) is 0 Å². The number of hydrogen-bond donors (Lipinski definition) is 1. The van der Waals surface area contributed by atoms with Crippen molar-refractivity contribution in [3.05, 3.63) is 10.6 Å². The van der Waals surface area contributed by atoms with Gasteiger partial charge in [0.05, 0.1) is 5.69 Å². The lowest BCUT2D eigenvalue weighted by Gasteiger charge is -2.34. The van der Waals surface area contributed by atoms with Crippen molar-refractivity contribution >= 4 is 28.2 Å². The largest absolute Gasteiger partial charge is 0.347 e. The molecule has 21 heavy (non-hydrogen) atoms. The molecule has 2 unspecified atom stereocenters. The lowest BCUT2D eigenvalue weighted by Crippen LogP contribution is -2.32. The Morgan fingerprint density at radius 3 is 2.90 bits per heavy atom. The van der Waals surface area contributed by atoms with Crippen LogP contribution in [0.4, 0.5) is 5.13 Å². The van der Waals surface area contributed by atoms with Gasteiger partial charge in [-0.1, -0.05) is 32.1 Å². The van der Waals surface area contributed by atoms with E-state index < -0.39 is 0 Å². The Bertz CT molecular complexity index is 492.